The van der Waals surface area contributed by atoms with E-state index in [1.54, 1.807) is 18.2 Å². The Morgan fingerprint density at radius 1 is 1.06 bits per heavy atom. The van der Waals surface area contributed by atoms with Gasteiger partial charge in [-0.25, -0.2) is 16.8 Å². The molecule has 5 nitrogen and oxygen atoms in total. The molecule has 1 fully saturated rings. The highest BCUT2D eigenvalue weighted by Gasteiger charge is 2.43. The van der Waals surface area contributed by atoms with E-state index in [1.807, 2.05) is 0 Å². The largest absolute Gasteiger partial charge is 0.496 e. The van der Waals surface area contributed by atoms with E-state index in [4.69, 9.17) is 4.74 Å². The second-order valence-electron chi connectivity index (χ2n) is 4.16. The molecule has 0 atom stereocenters. The van der Waals surface area contributed by atoms with Crippen LogP contribution in [0.5, 0.6) is 5.75 Å². The second kappa shape index (κ2) is 4.55. The molecule has 7 heteroatoms. The molecule has 1 aromatic rings. The maximum absolute atomic E-state index is 12.0. The van der Waals surface area contributed by atoms with Crippen molar-refractivity contribution >= 4 is 19.7 Å². The first kappa shape index (κ1) is 13.4. The van der Waals surface area contributed by atoms with E-state index in [0.29, 0.717) is 0 Å². The molecule has 1 saturated heterocycles. The zero-order valence-electron chi connectivity index (χ0n) is 9.87. The topological polar surface area (TPSA) is 77.5 Å². The van der Waals surface area contributed by atoms with E-state index in [0.717, 1.165) is 0 Å². The Morgan fingerprint density at radius 3 is 2.17 bits per heavy atom. The molecule has 0 unspecified atom stereocenters. The van der Waals surface area contributed by atoms with Crippen molar-refractivity contribution in [2.75, 3.05) is 18.6 Å². The van der Waals surface area contributed by atoms with Crippen LogP contribution < -0.4 is 4.74 Å². The van der Waals surface area contributed by atoms with Crippen LogP contribution in [0.1, 0.15) is 16.6 Å². The van der Waals surface area contributed by atoms with E-state index in [-0.39, 0.29) is 29.2 Å². The molecule has 0 aromatic heterocycles. The lowest BCUT2D eigenvalue weighted by Gasteiger charge is -2.24. The Hall–Kier alpha value is -1.08. The average Bonchev–Trinajstić information content (AvgIpc) is 2.27. The van der Waals surface area contributed by atoms with Gasteiger partial charge in [0.05, 0.1) is 18.6 Å². The highest BCUT2D eigenvalue weighted by molar-refractivity contribution is 8.09. The van der Waals surface area contributed by atoms with Crippen molar-refractivity contribution in [3.63, 3.8) is 0 Å². The van der Waals surface area contributed by atoms with Gasteiger partial charge in [-0.2, -0.15) is 0 Å². The Labute approximate surface area is 107 Å². The lowest BCUT2D eigenvalue weighted by molar-refractivity contribution is 0.410. The quantitative estimate of drug-likeness (QED) is 0.809. The van der Waals surface area contributed by atoms with Crippen LogP contribution in [0.15, 0.2) is 24.3 Å². The summed E-state index contributed by atoms with van der Waals surface area (Å²) in [6.07, 6.45) is 0.163. The van der Waals surface area contributed by atoms with Crippen LogP contribution in [0.2, 0.25) is 0 Å². The van der Waals surface area contributed by atoms with Crippen molar-refractivity contribution in [2.24, 2.45) is 0 Å². The smallest absolute Gasteiger partial charge is 0.191 e. The van der Waals surface area contributed by atoms with Crippen molar-refractivity contribution in [3.05, 3.63) is 29.8 Å². The zero-order chi connectivity index (χ0) is 13.4. The lowest BCUT2D eigenvalue weighted by atomic mass is 10.2. The number of hydrogen-bond donors (Lipinski definition) is 0. The summed E-state index contributed by atoms with van der Waals surface area (Å²) in [5, 5.41) is 0. The van der Waals surface area contributed by atoms with E-state index in [1.165, 1.54) is 13.2 Å². The van der Waals surface area contributed by atoms with Gasteiger partial charge in [-0.15, -0.1) is 0 Å². The predicted molar refractivity (Wildman–Crippen MR) is 67.9 cm³/mol. The van der Waals surface area contributed by atoms with Crippen LogP contribution in [0.25, 0.3) is 0 Å². The SMILES string of the molecule is COc1ccccc1C1S(=O)(=O)CCCS1(=O)=O. The minimum atomic E-state index is -3.68. The maximum Gasteiger partial charge on any atom is 0.191 e. The summed E-state index contributed by atoms with van der Waals surface area (Å²) in [6, 6.07) is 6.33. The number of benzene rings is 1. The summed E-state index contributed by atoms with van der Waals surface area (Å²) in [6.45, 7) is 0. The fourth-order valence-corrected chi connectivity index (χ4v) is 7.38. The van der Waals surface area contributed by atoms with Crippen LogP contribution in [0, 0.1) is 0 Å². The first-order valence-corrected chi connectivity index (χ1v) is 8.87. The van der Waals surface area contributed by atoms with Crippen LogP contribution in [0.4, 0.5) is 0 Å². The van der Waals surface area contributed by atoms with Gasteiger partial charge in [-0.05, 0) is 12.5 Å². The molecule has 1 aromatic carbocycles. The Bertz CT molecular complexity index is 612. The minimum Gasteiger partial charge on any atom is -0.496 e. The zero-order valence-corrected chi connectivity index (χ0v) is 11.5. The Kier molecular flexibility index (Phi) is 3.37. The van der Waals surface area contributed by atoms with Gasteiger partial charge in [0.15, 0.2) is 24.3 Å². The van der Waals surface area contributed by atoms with E-state index >= 15 is 0 Å². The van der Waals surface area contributed by atoms with Gasteiger partial charge in [-0.3, -0.25) is 0 Å². The molecule has 1 heterocycles. The molecular formula is C11H14O5S2. The van der Waals surface area contributed by atoms with Gasteiger partial charge in [0.25, 0.3) is 0 Å². The fraction of sp³-hybridized carbons (Fsp3) is 0.455. The average molecular weight is 290 g/mol. The summed E-state index contributed by atoms with van der Waals surface area (Å²) in [4.78, 5) is 0. The van der Waals surface area contributed by atoms with Crippen LogP contribution in [-0.4, -0.2) is 35.5 Å². The molecule has 0 aliphatic carbocycles. The first-order chi connectivity index (χ1) is 8.38. The van der Waals surface area contributed by atoms with Gasteiger partial charge in [0.1, 0.15) is 5.75 Å². The summed E-state index contributed by atoms with van der Waals surface area (Å²) < 4.78 is 51.7. The van der Waals surface area contributed by atoms with Gasteiger partial charge in [0, 0.05) is 5.56 Å². The summed E-state index contributed by atoms with van der Waals surface area (Å²) in [5.74, 6) is 0.0840. The number of para-hydroxylation sites is 1. The molecule has 0 radical (unpaired) electrons. The van der Waals surface area contributed by atoms with Crippen molar-refractivity contribution in [1.29, 1.82) is 0 Å². The van der Waals surface area contributed by atoms with Gasteiger partial charge in [0.2, 0.25) is 0 Å². The highest BCUT2D eigenvalue weighted by atomic mass is 32.3. The molecular weight excluding hydrogens is 276 g/mol. The monoisotopic (exact) mass is 290 g/mol. The van der Waals surface area contributed by atoms with Crippen LogP contribution >= 0.6 is 0 Å². The van der Waals surface area contributed by atoms with E-state index < -0.39 is 24.3 Å². The normalized spacial score (nSPS) is 22.5. The molecule has 0 amide bonds. The van der Waals surface area contributed by atoms with Crippen molar-refractivity contribution in [3.8, 4) is 5.75 Å². The third kappa shape index (κ3) is 2.24. The van der Waals surface area contributed by atoms with Crippen LogP contribution in [-0.2, 0) is 19.7 Å². The molecule has 0 N–H and O–H groups in total. The van der Waals surface area contributed by atoms with Crippen LogP contribution in [0.3, 0.4) is 0 Å². The van der Waals surface area contributed by atoms with Gasteiger partial charge in [-0.1, -0.05) is 18.2 Å². The molecule has 100 valence electrons. The van der Waals surface area contributed by atoms with Crippen molar-refractivity contribution in [2.45, 2.75) is 11.0 Å². The molecule has 0 saturated carbocycles. The van der Waals surface area contributed by atoms with Gasteiger partial charge >= 0.3 is 0 Å². The summed E-state index contributed by atoms with van der Waals surface area (Å²) in [7, 11) is -5.98. The summed E-state index contributed by atoms with van der Waals surface area (Å²) >= 11 is 0. The predicted octanol–water partition coefficient (Wildman–Crippen LogP) is 0.927. The van der Waals surface area contributed by atoms with E-state index in [9.17, 15) is 16.8 Å². The Morgan fingerprint density at radius 2 is 1.61 bits per heavy atom. The standard InChI is InChI=1S/C11H14O5S2/c1-16-10-6-3-2-5-9(10)11-17(12,13)7-4-8-18(11,14)15/h2-3,5-6,11H,4,7-8H2,1H3. The van der Waals surface area contributed by atoms with Crippen molar-refractivity contribution in [1.82, 2.24) is 0 Å². The van der Waals surface area contributed by atoms with Crippen molar-refractivity contribution < 1.29 is 21.6 Å². The highest BCUT2D eigenvalue weighted by Crippen LogP contribution is 2.38. The maximum atomic E-state index is 12.0. The lowest BCUT2D eigenvalue weighted by Crippen LogP contribution is -2.32. The molecule has 1 aliphatic heterocycles. The fourth-order valence-electron chi connectivity index (χ4n) is 2.15. The molecule has 0 bridgehead atoms. The minimum absolute atomic E-state index is 0.102. The number of methoxy groups -OCH3 is 1. The third-order valence-electron chi connectivity index (χ3n) is 2.90. The summed E-state index contributed by atoms with van der Waals surface area (Å²) in [5.41, 5.74) is 0.208. The Balaban J connectivity index is 2.66. The van der Waals surface area contributed by atoms with Gasteiger partial charge < -0.3 is 4.74 Å². The number of sulfone groups is 2. The number of ether oxygens (including phenoxy) is 1. The first-order valence-electron chi connectivity index (χ1n) is 5.44. The molecule has 2 rings (SSSR count). The molecule has 18 heavy (non-hydrogen) atoms. The molecule has 1 aliphatic rings. The van der Waals surface area contributed by atoms with E-state index in [2.05, 4.69) is 0 Å². The third-order valence-corrected chi connectivity index (χ3v) is 8.19. The number of rotatable bonds is 2. The number of hydrogen-bond acceptors (Lipinski definition) is 5. The molecule has 0 spiro atoms. The second-order valence-corrected chi connectivity index (χ2v) is 8.87.